The number of nitrogens with one attached hydrogen (secondary N) is 2. The molecule has 1 aliphatic rings. The molecular formula is C17H22N2O2. The molecule has 112 valence electrons. The highest BCUT2D eigenvalue weighted by atomic mass is 16.4. The summed E-state index contributed by atoms with van der Waals surface area (Å²) < 4.78 is 0. The lowest BCUT2D eigenvalue weighted by Gasteiger charge is -2.13. The third kappa shape index (κ3) is 2.44. The lowest BCUT2D eigenvalue weighted by Crippen LogP contribution is -2.25. The first-order valence-corrected chi connectivity index (χ1v) is 7.66. The quantitative estimate of drug-likeness (QED) is 0.760. The maximum Gasteiger partial charge on any atom is 0.325 e. The molecule has 0 bridgehead atoms. The second-order valence-electron chi connectivity index (χ2n) is 5.95. The van der Waals surface area contributed by atoms with Crippen LogP contribution >= 0.6 is 0 Å². The fourth-order valence-corrected chi connectivity index (χ4v) is 3.52. The van der Waals surface area contributed by atoms with Gasteiger partial charge in [0.1, 0.15) is 6.04 Å². The molecule has 21 heavy (non-hydrogen) atoms. The summed E-state index contributed by atoms with van der Waals surface area (Å²) in [6.45, 7) is 1.95. The number of fused-ring (bicyclic) bond motifs is 2. The van der Waals surface area contributed by atoms with Gasteiger partial charge in [0.25, 0.3) is 0 Å². The van der Waals surface area contributed by atoms with Gasteiger partial charge in [-0.2, -0.15) is 0 Å². The van der Waals surface area contributed by atoms with Crippen LogP contribution < -0.4 is 5.32 Å². The molecule has 1 aliphatic carbocycles. The number of rotatable bonds is 3. The highest BCUT2D eigenvalue weighted by molar-refractivity contribution is 5.91. The van der Waals surface area contributed by atoms with Crippen molar-refractivity contribution in [1.82, 2.24) is 10.3 Å². The Hall–Kier alpha value is -1.81. The van der Waals surface area contributed by atoms with E-state index < -0.39 is 12.0 Å². The first kappa shape index (κ1) is 14.1. The van der Waals surface area contributed by atoms with Gasteiger partial charge in [0.15, 0.2) is 0 Å². The summed E-state index contributed by atoms with van der Waals surface area (Å²) in [6.07, 6.45) is 5.99. The van der Waals surface area contributed by atoms with Crippen LogP contribution in [-0.2, 0) is 17.6 Å². The van der Waals surface area contributed by atoms with Crippen LogP contribution in [0.25, 0.3) is 10.9 Å². The monoisotopic (exact) mass is 286 g/mol. The maximum absolute atomic E-state index is 11.5. The van der Waals surface area contributed by atoms with Crippen LogP contribution in [0.15, 0.2) is 12.1 Å². The maximum atomic E-state index is 11.5. The summed E-state index contributed by atoms with van der Waals surface area (Å²) in [5, 5.41) is 13.4. The number of carboxylic acids is 1. The Balaban J connectivity index is 2.19. The number of benzene rings is 1. The topological polar surface area (TPSA) is 65.1 Å². The molecule has 4 nitrogen and oxygen atoms in total. The van der Waals surface area contributed by atoms with Crippen LogP contribution in [0.1, 0.15) is 47.7 Å². The summed E-state index contributed by atoms with van der Waals surface area (Å²) in [7, 11) is 1.69. The van der Waals surface area contributed by atoms with E-state index in [0.717, 1.165) is 35.0 Å². The zero-order valence-electron chi connectivity index (χ0n) is 12.6. The number of aromatic amines is 1. The minimum absolute atomic E-state index is 0.664. The highest BCUT2D eigenvalue weighted by Gasteiger charge is 2.24. The Labute approximate surface area is 124 Å². The number of aryl methyl sites for hydroxylation is 3. The molecule has 1 aromatic heterocycles. The van der Waals surface area contributed by atoms with Crippen molar-refractivity contribution in [2.45, 2.75) is 45.1 Å². The minimum Gasteiger partial charge on any atom is -0.480 e. The van der Waals surface area contributed by atoms with Crippen molar-refractivity contribution in [3.05, 3.63) is 34.5 Å². The fourth-order valence-electron chi connectivity index (χ4n) is 3.52. The van der Waals surface area contributed by atoms with Crippen molar-refractivity contribution in [2.75, 3.05) is 7.05 Å². The second-order valence-corrected chi connectivity index (χ2v) is 5.95. The standard InChI is InChI=1S/C17H22N2O2/c1-10-15(16(18-2)17(20)21)13-8-11-6-4-3-5-7-12(11)9-14(13)19-10/h8-9,16,18-19H,3-7H2,1-2H3,(H,20,21). The SMILES string of the molecule is CNC(C(=O)O)c1c(C)[nH]c2cc3c(cc12)CCCCC3. The molecule has 3 rings (SSSR count). The molecule has 1 heterocycles. The molecule has 0 saturated carbocycles. The second kappa shape index (κ2) is 5.53. The van der Waals surface area contributed by atoms with E-state index in [9.17, 15) is 9.90 Å². The average Bonchev–Trinajstić information content (AvgIpc) is 2.62. The number of carboxylic acid groups (broad SMARTS) is 1. The van der Waals surface area contributed by atoms with Crippen LogP contribution in [0.4, 0.5) is 0 Å². The lowest BCUT2D eigenvalue weighted by molar-refractivity contribution is -0.139. The zero-order valence-corrected chi connectivity index (χ0v) is 12.6. The molecule has 3 N–H and O–H groups in total. The van der Waals surface area contributed by atoms with Crippen molar-refractivity contribution in [2.24, 2.45) is 0 Å². The van der Waals surface area contributed by atoms with E-state index in [1.54, 1.807) is 7.05 Å². The van der Waals surface area contributed by atoms with Crippen LogP contribution in [0, 0.1) is 6.92 Å². The highest BCUT2D eigenvalue weighted by Crippen LogP contribution is 2.32. The van der Waals surface area contributed by atoms with Gasteiger partial charge in [-0.1, -0.05) is 6.42 Å². The number of aliphatic carboxylic acids is 1. The summed E-state index contributed by atoms with van der Waals surface area (Å²) in [5.74, 6) is -0.837. The smallest absolute Gasteiger partial charge is 0.325 e. The van der Waals surface area contributed by atoms with Gasteiger partial charge >= 0.3 is 5.97 Å². The predicted molar refractivity (Wildman–Crippen MR) is 83.7 cm³/mol. The molecule has 1 aromatic carbocycles. The third-order valence-corrected chi connectivity index (χ3v) is 4.57. The number of carbonyl (C=O) groups is 1. The van der Waals surface area contributed by atoms with E-state index >= 15 is 0 Å². The van der Waals surface area contributed by atoms with E-state index in [4.69, 9.17) is 0 Å². The Kier molecular flexibility index (Phi) is 3.72. The molecule has 0 amide bonds. The molecule has 0 radical (unpaired) electrons. The van der Waals surface area contributed by atoms with Gasteiger partial charge in [-0.3, -0.25) is 4.79 Å². The van der Waals surface area contributed by atoms with Crippen molar-refractivity contribution in [3.63, 3.8) is 0 Å². The molecular weight excluding hydrogens is 264 g/mol. The minimum atomic E-state index is -0.837. The predicted octanol–water partition coefficient (Wildman–Crippen LogP) is 3.09. The first-order chi connectivity index (χ1) is 10.1. The molecule has 4 heteroatoms. The van der Waals surface area contributed by atoms with Crippen LogP contribution in [0.2, 0.25) is 0 Å². The molecule has 0 aliphatic heterocycles. The number of hydrogen-bond acceptors (Lipinski definition) is 2. The molecule has 0 fully saturated rings. The summed E-state index contributed by atoms with van der Waals surface area (Å²) in [6, 6.07) is 3.77. The average molecular weight is 286 g/mol. The Morgan fingerprint density at radius 2 is 1.90 bits per heavy atom. The molecule has 1 atom stereocenters. The molecule has 0 spiro atoms. The number of likely N-dealkylation sites (N-methyl/N-ethyl adjacent to an activating group) is 1. The Morgan fingerprint density at radius 1 is 1.24 bits per heavy atom. The fraction of sp³-hybridized carbons (Fsp3) is 0.471. The van der Waals surface area contributed by atoms with Crippen LogP contribution in [0.3, 0.4) is 0 Å². The molecule has 0 saturated heterocycles. The summed E-state index contributed by atoms with van der Waals surface area (Å²) in [5.41, 5.74) is 5.67. The Morgan fingerprint density at radius 3 is 2.52 bits per heavy atom. The molecule has 2 aromatic rings. The van der Waals surface area contributed by atoms with Crippen molar-refractivity contribution in [3.8, 4) is 0 Å². The van der Waals surface area contributed by atoms with Gasteiger partial charge in [0, 0.05) is 22.2 Å². The van der Waals surface area contributed by atoms with Gasteiger partial charge in [-0.15, -0.1) is 0 Å². The van der Waals surface area contributed by atoms with Gasteiger partial charge in [-0.25, -0.2) is 0 Å². The van der Waals surface area contributed by atoms with E-state index in [1.807, 2.05) is 6.92 Å². The summed E-state index contributed by atoms with van der Waals surface area (Å²) >= 11 is 0. The number of H-pyrrole nitrogens is 1. The van der Waals surface area contributed by atoms with Gasteiger partial charge in [0.2, 0.25) is 0 Å². The van der Waals surface area contributed by atoms with E-state index in [1.165, 1.54) is 30.4 Å². The van der Waals surface area contributed by atoms with E-state index in [2.05, 4.69) is 22.4 Å². The molecule has 1 unspecified atom stereocenters. The largest absolute Gasteiger partial charge is 0.480 e. The van der Waals surface area contributed by atoms with Crippen molar-refractivity contribution < 1.29 is 9.90 Å². The van der Waals surface area contributed by atoms with Gasteiger partial charge < -0.3 is 15.4 Å². The first-order valence-electron chi connectivity index (χ1n) is 7.66. The van der Waals surface area contributed by atoms with Crippen LogP contribution in [-0.4, -0.2) is 23.1 Å². The van der Waals surface area contributed by atoms with Gasteiger partial charge in [0.05, 0.1) is 0 Å². The normalized spacial score (nSPS) is 16.5. The number of aromatic nitrogens is 1. The van der Waals surface area contributed by atoms with Crippen molar-refractivity contribution >= 4 is 16.9 Å². The van der Waals surface area contributed by atoms with E-state index in [-0.39, 0.29) is 0 Å². The van der Waals surface area contributed by atoms with Crippen molar-refractivity contribution in [1.29, 1.82) is 0 Å². The van der Waals surface area contributed by atoms with Gasteiger partial charge in [-0.05, 0) is 62.9 Å². The summed E-state index contributed by atoms with van der Waals surface area (Å²) in [4.78, 5) is 14.9. The Bertz CT molecular complexity index is 688. The third-order valence-electron chi connectivity index (χ3n) is 4.57. The van der Waals surface area contributed by atoms with Crippen LogP contribution in [0.5, 0.6) is 0 Å². The lowest BCUT2D eigenvalue weighted by atomic mass is 9.96. The zero-order chi connectivity index (χ0) is 15.0. The number of hydrogen-bond donors (Lipinski definition) is 3. The van der Waals surface area contributed by atoms with E-state index in [0.29, 0.717) is 0 Å².